The summed E-state index contributed by atoms with van der Waals surface area (Å²) in [5.41, 5.74) is 8.19. The fraction of sp³-hybridized carbons (Fsp3) is 0.143. The van der Waals surface area contributed by atoms with Gasteiger partial charge >= 0.3 is 0 Å². The maximum atomic E-state index is 12.1. The number of anilines is 2. The third-order valence-electron chi connectivity index (χ3n) is 2.64. The second-order valence-electron chi connectivity index (χ2n) is 4.10. The number of nitrogens with one attached hydrogen (secondary N) is 1. The highest BCUT2D eigenvalue weighted by molar-refractivity contribution is 7.98. The fourth-order valence-electron chi connectivity index (χ4n) is 1.67. The van der Waals surface area contributed by atoms with Crippen LogP contribution in [0.1, 0.15) is 16.1 Å². The molecule has 19 heavy (non-hydrogen) atoms. The van der Waals surface area contributed by atoms with Crippen molar-refractivity contribution in [1.82, 2.24) is 4.98 Å². The first-order valence-electron chi connectivity index (χ1n) is 5.77. The van der Waals surface area contributed by atoms with Gasteiger partial charge in [0.05, 0.1) is 5.56 Å². The topological polar surface area (TPSA) is 68.0 Å². The number of nitrogen functional groups attached to an aromatic ring is 1. The number of nitrogens with zero attached hydrogens (tertiary/aromatic N) is 1. The lowest BCUT2D eigenvalue weighted by molar-refractivity contribution is 0.102. The molecule has 2 aromatic rings. The van der Waals surface area contributed by atoms with Gasteiger partial charge in [-0.3, -0.25) is 9.78 Å². The molecule has 4 nitrogen and oxygen atoms in total. The molecule has 0 atom stereocenters. The highest BCUT2D eigenvalue weighted by Crippen LogP contribution is 2.20. The van der Waals surface area contributed by atoms with Gasteiger partial charge in [0.25, 0.3) is 5.91 Å². The fourth-order valence-corrected chi connectivity index (χ4v) is 2.13. The van der Waals surface area contributed by atoms with Crippen molar-refractivity contribution in [3.63, 3.8) is 0 Å². The molecular formula is C14H15N3OS. The SMILES string of the molecule is CSc1cccc(NC(=O)c2cnc(C)cc2N)c1. The molecule has 0 bridgehead atoms. The number of hydrogen-bond acceptors (Lipinski definition) is 4. The van der Waals surface area contributed by atoms with E-state index in [1.807, 2.05) is 37.4 Å². The summed E-state index contributed by atoms with van der Waals surface area (Å²) >= 11 is 1.62. The van der Waals surface area contributed by atoms with E-state index in [4.69, 9.17) is 5.73 Å². The number of hydrogen-bond donors (Lipinski definition) is 2. The molecular weight excluding hydrogens is 258 g/mol. The predicted octanol–water partition coefficient (Wildman–Crippen LogP) is 2.95. The average molecular weight is 273 g/mol. The van der Waals surface area contributed by atoms with Crippen LogP contribution >= 0.6 is 11.8 Å². The van der Waals surface area contributed by atoms with E-state index in [1.165, 1.54) is 6.20 Å². The van der Waals surface area contributed by atoms with Crippen LogP contribution < -0.4 is 11.1 Å². The molecule has 0 saturated carbocycles. The summed E-state index contributed by atoms with van der Waals surface area (Å²) in [5, 5.41) is 2.82. The van der Waals surface area contributed by atoms with Crippen LogP contribution in [-0.2, 0) is 0 Å². The molecule has 0 radical (unpaired) electrons. The van der Waals surface area contributed by atoms with Crippen LogP contribution in [-0.4, -0.2) is 17.1 Å². The zero-order valence-electron chi connectivity index (χ0n) is 10.8. The number of nitrogens with two attached hydrogens (primary N) is 1. The Balaban J connectivity index is 2.20. The highest BCUT2D eigenvalue weighted by Gasteiger charge is 2.10. The largest absolute Gasteiger partial charge is 0.398 e. The summed E-state index contributed by atoms with van der Waals surface area (Å²) in [6, 6.07) is 9.34. The number of carbonyl (C=O) groups is 1. The number of aromatic nitrogens is 1. The van der Waals surface area contributed by atoms with Gasteiger partial charge in [-0.25, -0.2) is 0 Å². The molecule has 98 valence electrons. The quantitative estimate of drug-likeness (QED) is 0.844. The van der Waals surface area contributed by atoms with Crippen molar-refractivity contribution >= 4 is 29.0 Å². The van der Waals surface area contributed by atoms with Gasteiger partial charge in [0.2, 0.25) is 0 Å². The normalized spacial score (nSPS) is 10.2. The summed E-state index contributed by atoms with van der Waals surface area (Å²) in [6.07, 6.45) is 3.49. The third kappa shape index (κ3) is 3.26. The van der Waals surface area contributed by atoms with Crippen LogP contribution in [0.4, 0.5) is 11.4 Å². The smallest absolute Gasteiger partial charge is 0.259 e. The maximum absolute atomic E-state index is 12.1. The van der Waals surface area contributed by atoms with Crippen LogP contribution in [0.3, 0.4) is 0 Å². The number of pyridine rings is 1. The van der Waals surface area contributed by atoms with Crippen molar-refractivity contribution in [3.05, 3.63) is 47.8 Å². The Hall–Kier alpha value is -2.01. The Labute approximate surface area is 116 Å². The Morgan fingerprint density at radius 2 is 2.16 bits per heavy atom. The summed E-state index contributed by atoms with van der Waals surface area (Å²) in [5.74, 6) is -0.247. The molecule has 2 rings (SSSR count). The molecule has 0 aliphatic heterocycles. The van der Waals surface area contributed by atoms with Gasteiger partial charge in [-0.2, -0.15) is 0 Å². The van der Waals surface area contributed by atoms with E-state index in [0.29, 0.717) is 11.3 Å². The minimum Gasteiger partial charge on any atom is -0.398 e. The van der Waals surface area contributed by atoms with Crippen LogP contribution in [0.25, 0.3) is 0 Å². The van der Waals surface area contributed by atoms with Crippen molar-refractivity contribution in [2.24, 2.45) is 0 Å². The van der Waals surface area contributed by atoms with Crippen LogP contribution in [0.15, 0.2) is 41.4 Å². The lowest BCUT2D eigenvalue weighted by Crippen LogP contribution is -2.14. The lowest BCUT2D eigenvalue weighted by atomic mass is 10.2. The maximum Gasteiger partial charge on any atom is 0.259 e. The van der Waals surface area contributed by atoms with E-state index in [9.17, 15) is 4.79 Å². The Morgan fingerprint density at radius 1 is 1.37 bits per heavy atom. The molecule has 0 saturated heterocycles. The number of carbonyl (C=O) groups excluding carboxylic acids is 1. The second-order valence-corrected chi connectivity index (χ2v) is 4.98. The molecule has 3 N–H and O–H groups in total. The lowest BCUT2D eigenvalue weighted by Gasteiger charge is -2.08. The highest BCUT2D eigenvalue weighted by atomic mass is 32.2. The first kappa shape index (κ1) is 13.4. The van der Waals surface area contributed by atoms with Gasteiger partial charge < -0.3 is 11.1 Å². The summed E-state index contributed by atoms with van der Waals surface area (Å²) in [4.78, 5) is 17.3. The molecule has 0 spiro atoms. The zero-order valence-corrected chi connectivity index (χ0v) is 11.6. The van der Waals surface area contributed by atoms with Gasteiger partial charge in [-0.1, -0.05) is 6.07 Å². The van der Waals surface area contributed by atoms with Crippen LogP contribution in [0.2, 0.25) is 0 Å². The van der Waals surface area contributed by atoms with Gasteiger partial charge in [0, 0.05) is 28.2 Å². The Bertz CT molecular complexity index is 613. The van der Waals surface area contributed by atoms with E-state index in [1.54, 1.807) is 17.8 Å². The van der Waals surface area contributed by atoms with E-state index < -0.39 is 0 Å². The first-order valence-corrected chi connectivity index (χ1v) is 7.00. The number of thioether (sulfide) groups is 1. The number of rotatable bonds is 3. The molecule has 1 aromatic carbocycles. The standard InChI is InChI=1S/C14H15N3OS/c1-9-6-13(15)12(8-16-9)14(18)17-10-4-3-5-11(7-10)19-2/h3-8H,1-2H3,(H2,15,16)(H,17,18). The molecule has 0 aliphatic rings. The molecule has 1 heterocycles. The third-order valence-corrected chi connectivity index (χ3v) is 3.37. The number of benzene rings is 1. The summed E-state index contributed by atoms with van der Waals surface area (Å²) in [7, 11) is 0. The van der Waals surface area contributed by atoms with Gasteiger partial charge in [-0.05, 0) is 37.4 Å². The molecule has 1 amide bonds. The summed E-state index contributed by atoms with van der Waals surface area (Å²) < 4.78 is 0. The van der Waals surface area contributed by atoms with Crippen molar-refractivity contribution in [3.8, 4) is 0 Å². The molecule has 5 heteroatoms. The zero-order chi connectivity index (χ0) is 13.8. The van der Waals surface area contributed by atoms with E-state index >= 15 is 0 Å². The first-order chi connectivity index (χ1) is 9.10. The van der Waals surface area contributed by atoms with E-state index in [0.717, 1.165) is 16.3 Å². The molecule has 0 fully saturated rings. The van der Waals surface area contributed by atoms with E-state index in [2.05, 4.69) is 10.3 Å². The number of amides is 1. The van der Waals surface area contributed by atoms with Crippen LogP contribution in [0, 0.1) is 6.92 Å². The molecule has 0 unspecified atom stereocenters. The monoisotopic (exact) mass is 273 g/mol. The Morgan fingerprint density at radius 3 is 2.84 bits per heavy atom. The predicted molar refractivity (Wildman–Crippen MR) is 79.6 cm³/mol. The van der Waals surface area contributed by atoms with Crippen molar-refractivity contribution in [2.75, 3.05) is 17.3 Å². The molecule has 1 aromatic heterocycles. The van der Waals surface area contributed by atoms with Crippen molar-refractivity contribution in [2.45, 2.75) is 11.8 Å². The van der Waals surface area contributed by atoms with Gasteiger partial charge in [0.1, 0.15) is 0 Å². The Kier molecular flexibility index (Phi) is 4.06. The summed E-state index contributed by atoms with van der Waals surface area (Å²) in [6.45, 7) is 1.83. The van der Waals surface area contributed by atoms with Crippen molar-refractivity contribution in [1.29, 1.82) is 0 Å². The van der Waals surface area contributed by atoms with E-state index in [-0.39, 0.29) is 5.91 Å². The van der Waals surface area contributed by atoms with Crippen molar-refractivity contribution < 1.29 is 4.79 Å². The second kappa shape index (κ2) is 5.75. The van der Waals surface area contributed by atoms with Crippen LogP contribution in [0.5, 0.6) is 0 Å². The number of aryl methyl sites for hydroxylation is 1. The minimum atomic E-state index is -0.247. The minimum absolute atomic E-state index is 0.247. The van der Waals surface area contributed by atoms with Gasteiger partial charge in [-0.15, -0.1) is 11.8 Å². The average Bonchev–Trinajstić information content (AvgIpc) is 2.38. The molecule has 0 aliphatic carbocycles. The van der Waals surface area contributed by atoms with Gasteiger partial charge in [0.15, 0.2) is 0 Å².